The molecule has 2 unspecified atom stereocenters. The van der Waals surface area contributed by atoms with Gasteiger partial charge in [-0.2, -0.15) is 0 Å². The number of carbonyl (C=O) groups is 1. The zero-order valence-corrected chi connectivity index (χ0v) is 17.8. The Labute approximate surface area is 167 Å². The van der Waals surface area contributed by atoms with E-state index in [2.05, 4.69) is 34.5 Å². The summed E-state index contributed by atoms with van der Waals surface area (Å²) >= 11 is 2.42. The van der Waals surface area contributed by atoms with Crippen LogP contribution in [0.3, 0.4) is 0 Å². The molecule has 142 valence electrons. The molecule has 0 aromatic carbocycles. The number of hydrogen-bond donors (Lipinski definition) is 0. The van der Waals surface area contributed by atoms with Crippen molar-refractivity contribution < 1.29 is 19.0 Å². The highest BCUT2D eigenvalue weighted by atomic mass is 127. The number of alkyl halides is 1. The molecule has 4 rings (SSSR count). The Hall–Kier alpha value is -0.930. The molecule has 2 saturated heterocycles. The van der Waals surface area contributed by atoms with E-state index in [0.717, 1.165) is 12.1 Å². The third kappa shape index (κ3) is 2.74. The molecule has 6 nitrogen and oxygen atoms in total. The molecular weight excluding hydrogens is 447 g/mol. The van der Waals surface area contributed by atoms with Crippen molar-refractivity contribution >= 4 is 28.7 Å². The van der Waals surface area contributed by atoms with Crippen molar-refractivity contribution in [2.24, 2.45) is 0 Å². The number of pyridine rings is 1. The predicted molar refractivity (Wildman–Crippen MR) is 104 cm³/mol. The molecule has 3 aliphatic heterocycles. The molecule has 0 bridgehead atoms. The summed E-state index contributed by atoms with van der Waals surface area (Å²) in [5, 5.41) is 0. The van der Waals surface area contributed by atoms with Crippen LogP contribution in [0.25, 0.3) is 0 Å². The molecular formula is C19H25IN2O4. The molecule has 0 aliphatic carbocycles. The van der Waals surface area contributed by atoms with Crippen LogP contribution in [-0.2, 0) is 25.4 Å². The van der Waals surface area contributed by atoms with Gasteiger partial charge < -0.3 is 19.1 Å². The molecule has 26 heavy (non-hydrogen) atoms. The highest BCUT2D eigenvalue weighted by Crippen LogP contribution is 2.56. The highest BCUT2D eigenvalue weighted by Gasteiger charge is 2.62. The van der Waals surface area contributed by atoms with Gasteiger partial charge in [0.2, 0.25) is 0 Å². The number of likely N-dealkylation sites (tertiary alicyclic amines) is 1. The summed E-state index contributed by atoms with van der Waals surface area (Å²) in [6.07, 6.45) is 2.34. The molecule has 0 saturated carbocycles. The van der Waals surface area contributed by atoms with Crippen LogP contribution in [0, 0.1) is 6.92 Å². The first kappa shape index (κ1) is 18.4. The Morgan fingerprint density at radius 2 is 2.15 bits per heavy atom. The molecule has 3 aliphatic rings. The quantitative estimate of drug-likeness (QED) is 0.429. The molecule has 1 aromatic heterocycles. The smallest absolute Gasteiger partial charge is 0.410 e. The summed E-state index contributed by atoms with van der Waals surface area (Å²) in [5.41, 5.74) is 2.10. The third-order valence-electron chi connectivity index (χ3n) is 5.35. The lowest BCUT2D eigenvalue weighted by Gasteiger charge is -2.46. The van der Waals surface area contributed by atoms with Crippen molar-refractivity contribution in [3.05, 3.63) is 29.1 Å². The Morgan fingerprint density at radius 3 is 2.73 bits per heavy atom. The number of aryl methyl sites for hydroxylation is 1. The topological polar surface area (TPSA) is 60.9 Å². The average molecular weight is 472 g/mol. The van der Waals surface area contributed by atoms with Crippen LogP contribution in [0.1, 0.15) is 44.0 Å². The number of amides is 1. The van der Waals surface area contributed by atoms with E-state index < -0.39 is 16.8 Å². The fourth-order valence-electron chi connectivity index (χ4n) is 4.15. The third-order valence-corrected chi connectivity index (χ3v) is 6.75. The SMILES string of the molecule is Cc1ccnc2c1C1(CCN(C(=O)OC(C)(C)C)CC1I)OC21COC1. The number of aromatic nitrogens is 1. The van der Waals surface area contributed by atoms with E-state index in [0.29, 0.717) is 26.3 Å². The lowest BCUT2D eigenvalue weighted by Crippen LogP contribution is -2.56. The second kappa shape index (κ2) is 6.04. The van der Waals surface area contributed by atoms with Gasteiger partial charge >= 0.3 is 6.09 Å². The second-order valence-electron chi connectivity index (χ2n) is 8.47. The van der Waals surface area contributed by atoms with Crippen molar-refractivity contribution in [1.29, 1.82) is 0 Å². The Morgan fingerprint density at radius 1 is 1.42 bits per heavy atom. The van der Waals surface area contributed by atoms with Gasteiger partial charge in [0.05, 0.1) is 22.8 Å². The van der Waals surface area contributed by atoms with Gasteiger partial charge in [-0.1, -0.05) is 22.6 Å². The summed E-state index contributed by atoms with van der Waals surface area (Å²) < 4.78 is 17.9. The molecule has 0 N–H and O–H groups in total. The fraction of sp³-hybridized carbons (Fsp3) is 0.684. The van der Waals surface area contributed by atoms with E-state index in [1.165, 1.54) is 11.1 Å². The van der Waals surface area contributed by atoms with Crippen LogP contribution in [0.5, 0.6) is 0 Å². The van der Waals surface area contributed by atoms with Gasteiger partial charge in [-0.05, 0) is 45.7 Å². The minimum atomic E-state index is -0.489. The summed E-state index contributed by atoms with van der Waals surface area (Å²) in [4.78, 5) is 19.0. The molecule has 7 heteroatoms. The number of rotatable bonds is 0. The van der Waals surface area contributed by atoms with E-state index in [-0.39, 0.29) is 10.0 Å². The molecule has 2 spiro atoms. The Kier molecular flexibility index (Phi) is 4.28. The van der Waals surface area contributed by atoms with E-state index in [1.54, 1.807) is 4.90 Å². The number of hydrogen-bond acceptors (Lipinski definition) is 5. The second-order valence-corrected chi connectivity index (χ2v) is 9.98. The van der Waals surface area contributed by atoms with Gasteiger partial charge in [-0.25, -0.2) is 4.79 Å². The van der Waals surface area contributed by atoms with Gasteiger partial charge in [-0.3, -0.25) is 4.98 Å². The van der Waals surface area contributed by atoms with Crippen LogP contribution in [0.2, 0.25) is 0 Å². The van der Waals surface area contributed by atoms with Crippen molar-refractivity contribution in [1.82, 2.24) is 9.88 Å². The van der Waals surface area contributed by atoms with Crippen LogP contribution in [0.4, 0.5) is 4.79 Å². The van der Waals surface area contributed by atoms with Crippen molar-refractivity contribution in [2.75, 3.05) is 26.3 Å². The molecule has 1 amide bonds. The first-order valence-corrected chi connectivity index (χ1v) is 10.3. The number of carbonyl (C=O) groups excluding carboxylic acids is 1. The van der Waals surface area contributed by atoms with Gasteiger partial charge in [0.1, 0.15) is 11.2 Å². The van der Waals surface area contributed by atoms with Crippen LogP contribution in [-0.4, -0.2) is 51.8 Å². The van der Waals surface area contributed by atoms with Crippen molar-refractivity contribution in [3.8, 4) is 0 Å². The Bertz CT molecular complexity index is 744. The molecule has 2 fully saturated rings. The average Bonchev–Trinajstić information content (AvgIpc) is 2.82. The standard InChI is InChI=1S/C19H25IN2O4/c1-12-5-7-21-15-14(12)19(26-18(15)10-24-11-18)6-8-22(9-13(19)20)16(23)25-17(2,3)4/h5,7,13H,6,8-11H2,1-4H3. The molecule has 4 heterocycles. The minimum absolute atomic E-state index is 0.114. The van der Waals surface area contributed by atoms with E-state index in [9.17, 15) is 4.79 Å². The number of nitrogens with zero attached hydrogens (tertiary/aromatic N) is 2. The zero-order valence-electron chi connectivity index (χ0n) is 15.7. The van der Waals surface area contributed by atoms with Gasteiger partial charge in [0.25, 0.3) is 0 Å². The van der Waals surface area contributed by atoms with Gasteiger partial charge in [0, 0.05) is 24.8 Å². The van der Waals surface area contributed by atoms with E-state index in [1.807, 2.05) is 33.0 Å². The number of ether oxygens (including phenoxy) is 3. The molecule has 0 radical (unpaired) electrons. The first-order valence-electron chi connectivity index (χ1n) is 9.03. The van der Waals surface area contributed by atoms with Crippen LogP contribution >= 0.6 is 22.6 Å². The van der Waals surface area contributed by atoms with Crippen LogP contribution in [0.15, 0.2) is 12.3 Å². The Balaban J connectivity index is 1.63. The number of fused-ring (bicyclic) bond motifs is 3. The maximum atomic E-state index is 12.5. The molecule has 2 atom stereocenters. The summed E-state index contributed by atoms with van der Waals surface area (Å²) in [6, 6.07) is 2.05. The normalized spacial score (nSPS) is 29.6. The summed E-state index contributed by atoms with van der Waals surface area (Å²) in [6.45, 7) is 10.1. The van der Waals surface area contributed by atoms with Crippen LogP contribution < -0.4 is 0 Å². The van der Waals surface area contributed by atoms with Gasteiger partial charge in [-0.15, -0.1) is 0 Å². The monoisotopic (exact) mass is 472 g/mol. The van der Waals surface area contributed by atoms with Gasteiger partial charge in [0.15, 0.2) is 5.60 Å². The minimum Gasteiger partial charge on any atom is -0.444 e. The zero-order chi connectivity index (χ0) is 18.7. The van der Waals surface area contributed by atoms with Crippen molar-refractivity contribution in [3.63, 3.8) is 0 Å². The largest absolute Gasteiger partial charge is 0.444 e. The number of halogens is 1. The molecule has 1 aromatic rings. The summed E-state index contributed by atoms with van der Waals surface area (Å²) in [7, 11) is 0. The maximum absolute atomic E-state index is 12.5. The maximum Gasteiger partial charge on any atom is 0.410 e. The summed E-state index contributed by atoms with van der Waals surface area (Å²) in [5.74, 6) is 0. The van der Waals surface area contributed by atoms with E-state index >= 15 is 0 Å². The predicted octanol–water partition coefficient (Wildman–Crippen LogP) is 3.29. The number of piperidine rings is 1. The fourth-order valence-corrected chi connectivity index (χ4v) is 5.37. The van der Waals surface area contributed by atoms with Crippen molar-refractivity contribution in [2.45, 2.75) is 54.8 Å². The lowest BCUT2D eigenvalue weighted by atomic mass is 9.81. The lowest BCUT2D eigenvalue weighted by molar-refractivity contribution is -0.261. The highest BCUT2D eigenvalue weighted by molar-refractivity contribution is 14.1. The first-order chi connectivity index (χ1) is 12.2. The van der Waals surface area contributed by atoms with E-state index in [4.69, 9.17) is 14.2 Å².